The lowest BCUT2D eigenvalue weighted by Gasteiger charge is -2.53. The van der Waals surface area contributed by atoms with E-state index in [4.69, 9.17) is 11.5 Å². The summed E-state index contributed by atoms with van der Waals surface area (Å²) < 4.78 is 0. The molecule has 0 amide bonds. The van der Waals surface area contributed by atoms with E-state index in [1.807, 2.05) is 0 Å². The highest BCUT2D eigenvalue weighted by molar-refractivity contribution is 6.05. The van der Waals surface area contributed by atoms with Gasteiger partial charge in [0, 0.05) is 5.92 Å². The van der Waals surface area contributed by atoms with Crippen LogP contribution in [-0.2, 0) is 0 Å². The van der Waals surface area contributed by atoms with Gasteiger partial charge in [-0.1, -0.05) is 0 Å². The molecule has 4 bridgehead atoms. The number of aromatic nitrogens is 2. The summed E-state index contributed by atoms with van der Waals surface area (Å²) in [7, 11) is 0. The van der Waals surface area contributed by atoms with Crippen LogP contribution in [0, 0.1) is 29.6 Å². The van der Waals surface area contributed by atoms with E-state index in [0.717, 1.165) is 11.8 Å². The molecule has 0 aromatic carbocycles. The number of nitrogen functional groups attached to an aromatic ring is 2. The van der Waals surface area contributed by atoms with E-state index in [2.05, 4.69) is 9.97 Å². The Morgan fingerprint density at radius 2 is 1.45 bits per heavy atom. The molecule has 1 heterocycles. The standard InChI is InChI=1S/C15H20N4O/c16-14-12(15(17)19-6-18-14)13(20)11-9-2-7-1-8(4-9)5-10(11)3-7/h6-11H,1-5H2,(H4,16,17,18,19). The second-order valence-electron chi connectivity index (χ2n) is 6.84. The average molecular weight is 272 g/mol. The first-order valence-electron chi connectivity index (χ1n) is 7.53. The number of nitrogens with two attached hydrogens (primary N) is 2. The fourth-order valence-electron chi connectivity index (χ4n) is 5.19. The number of Topliss-reactive ketones (excluding diaryl/α,β-unsaturated/α-hetero) is 1. The van der Waals surface area contributed by atoms with Gasteiger partial charge >= 0.3 is 0 Å². The van der Waals surface area contributed by atoms with Gasteiger partial charge in [0.1, 0.15) is 23.5 Å². The fraction of sp³-hybridized carbons (Fsp3) is 0.667. The molecule has 4 saturated carbocycles. The zero-order chi connectivity index (χ0) is 13.9. The van der Waals surface area contributed by atoms with Crippen molar-refractivity contribution in [1.82, 2.24) is 9.97 Å². The van der Waals surface area contributed by atoms with Crippen molar-refractivity contribution in [2.75, 3.05) is 11.5 Å². The number of anilines is 2. The molecule has 4 aliphatic rings. The van der Waals surface area contributed by atoms with Crippen LogP contribution in [0.5, 0.6) is 0 Å². The summed E-state index contributed by atoms with van der Waals surface area (Å²) in [6.45, 7) is 0. The van der Waals surface area contributed by atoms with Crippen LogP contribution in [0.25, 0.3) is 0 Å². The molecule has 4 fully saturated rings. The maximum atomic E-state index is 12.9. The highest BCUT2D eigenvalue weighted by Gasteiger charge is 2.51. The molecule has 20 heavy (non-hydrogen) atoms. The summed E-state index contributed by atoms with van der Waals surface area (Å²) in [4.78, 5) is 20.8. The second kappa shape index (κ2) is 4.17. The van der Waals surface area contributed by atoms with Crippen molar-refractivity contribution >= 4 is 17.4 Å². The van der Waals surface area contributed by atoms with E-state index in [1.165, 1.54) is 38.4 Å². The van der Waals surface area contributed by atoms with Gasteiger partial charge in [-0.2, -0.15) is 0 Å². The number of ketones is 1. The molecular formula is C15H20N4O. The van der Waals surface area contributed by atoms with E-state index in [-0.39, 0.29) is 23.3 Å². The molecule has 0 saturated heterocycles. The number of carbonyl (C=O) groups is 1. The monoisotopic (exact) mass is 272 g/mol. The third-order valence-electron chi connectivity index (χ3n) is 5.68. The lowest BCUT2D eigenvalue weighted by Crippen LogP contribution is -2.48. The van der Waals surface area contributed by atoms with Crippen LogP contribution in [0.4, 0.5) is 11.6 Å². The van der Waals surface area contributed by atoms with Gasteiger partial charge in [0.25, 0.3) is 0 Å². The van der Waals surface area contributed by atoms with Crippen LogP contribution in [0.2, 0.25) is 0 Å². The van der Waals surface area contributed by atoms with Crippen LogP contribution in [-0.4, -0.2) is 15.8 Å². The van der Waals surface area contributed by atoms with Gasteiger partial charge < -0.3 is 11.5 Å². The van der Waals surface area contributed by atoms with Crippen LogP contribution in [0.1, 0.15) is 42.5 Å². The minimum Gasteiger partial charge on any atom is -0.383 e. The molecule has 0 unspecified atom stereocenters. The Labute approximate surface area is 118 Å². The van der Waals surface area contributed by atoms with Gasteiger partial charge in [-0.25, -0.2) is 9.97 Å². The Balaban J connectivity index is 1.69. The lowest BCUT2D eigenvalue weighted by molar-refractivity contribution is -0.0250. The van der Waals surface area contributed by atoms with E-state index in [9.17, 15) is 4.79 Å². The van der Waals surface area contributed by atoms with Crippen molar-refractivity contribution < 1.29 is 4.79 Å². The normalized spacial score (nSPS) is 38.1. The van der Waals surface area contributed by atoms with Crippen LogP contribution < -0.4 is 11.5 Å². The Morgan fingerprint density at radius 1 is 0.950 bits per heavy atom. The first-order chi connectivity index (χ1) is 9.63. The first-order valence-corrected chi connectivity index (χ1v) is 7.53. The number of rotatable bonds is 2. The van der Waals surface area contributed by atoms with Gasteiger partial charge in [0.2, 0.25) is 0 Å². The maximum Gasteiger partial charge on any atom is 0.173 e. The highest BCUT2D eigenvalue weighted by Crippen LogP contribution is 2.57. The van der Waals surface area contributed by atoms with Gasteiger partial charge in [0.05, 0.1) is 0 Å². The van der Waals surface area contributed by atoms with E-state index >= 15 is 0 Å². The second-order valence-corrected chi connectivity index (χ2v) is 6.84. The number of nitrogens with zero attached hydrogens (tertiary/aromatic N) is 2. The van der Waals surface area contributed by atoms with Crippen molar-refractivity contribution in [3.63, 3.8) is 0 Å². The van der Waals surface area contributed by atoms with Gasteiger partial charge in [0.15, 0.2) is 5.78 Å². The maximum absolute atomic E-state index is 12.9. The van der Waals surface area contributed by atoms with Crippen molar-refractivity contribution in [3.05, 3.63) is 11.9 Å². The molecule has 4 N–H and O–H groups in total. The Morgan fingerprint density at radius 3 is 1.95 bits per heavy atom. The summed E-state index contributed by atoms with van der Waals surface area (Å²) in [5.41, 5.74) is 12.1. The zero-order valence-corrected chi connectivity index (χ0v) is 11.5. The Bertz CT molecular complexity index is 523. The molecule has 0 radical (unpaired) electrons. The smallest absolute Gasteiger partial charge is 0.173 e. The molecule has 5 nitrogen and oxygen atoms in total. The zero-order valence-electron chi connectivity index (χ0n) is 11.5. The van der Waals surface area contributed by atoms with E-state index < -0.39 is 0 Å². The van der Waals surface area contributed by atoms with Crippen molar-refractivity contribution in [2.45, 2.75) is 32.1 Å². The molecule has 1 aromatic rings. The molecule has 4 aliphatic carbocycles. The number of carbonyl (C=O) groups excluding carboxylic acids is 1. The molecular weight excluding hydrogens is 252 g/mol. The quantitative estimate of drug-likeness (QED) is 0.802. The third kappa shape index (κ3) is 1.65. The van der Waals surface area contributed by atoms with Crippen LogP contribution in [0.3, 0.4) is 0 Å². The number of hydrogen-bond donors (Lipinski definition) is 2. The third-order valence-corrected chi connectivity index (χ3v) is 5.68. The predicted octanol–water partition coefficient (Wildman–Crippen LogP) is 1.90. The average Bonchev–Trinajstić information content (AvgIpc) is 2.37. The molecule has 0 spiro atoms. The van der Waals surface area contributed by atoms with Crippen LogP contribution >= 0.6 is 0 Å². The summed E-state index contributed by atoms with van der Waals surface area (Å²) in [6, 6.07) is 0. The van der Waals surface area contributed by atoms with E-state index in [1.54, 1.807) is 0 Å². The fourth-order valence-corrected chi connectivity index (χ4v) is 5.19. The molecule has 5 heteroatoms. The highest BCUT2D eigenvalue weighted by atomic mass is 16.1. The largest absolute Gasteiger partial charge is 0.383 e. The molecule has 1 aromatic heterocycles. The summed E-state index contributed by atoms with van der Waals surface area (Å²) in [6.07, 6.45) is 7.52. The van der Waals surface area contributed by atoms with E-state index in [0.29, 0.717) is 17.4 Å². The van der Waals surface area contributed by atoms with Gasteiger partial charge in [-0.15, -0.1) is 0 Å². The molecule has 0 atom stereocenters. The van der Waals surface area contributed by atoms with Crippen LogP contribution in [0.15, 0.2) is 6.33 Å². The molecule has 106 valence electrons. The molecule has 0 aliphatic heterocycles. The van der Waals surface area contributed by atoms with Crippen molar-refractivity contribution in [3.8, 4) is 0 Å². The van der Waals surface area contributed by atoms with Crippen molar-refractivity contribution in [1.29, 1.82) is 0 Å². The lowest BCUT2D eigenvalue weighted by atomic mass is 9.51. The Hall–Kier alpha value is -1.65. The minimum atomic E-state index is 0.0920. The Kier molecular flexibility index (Phi) is 2.53. The SMILES string of the molecule is Nc1ncnc(N)c1C(=O)C1C2CC3CC(C2)CC1C3. The first kappa shape index (κ1) is 12.1. The summed E-state index contributed by atoms with van der Waals surface area (Å²) in [5.74, 6) is 3.41. The summed E-state index contributed by atoms with van der Waals surface area (Å²) >= 11 is 0. The topological polar surface area (TPSA) is 94.9 Å². The van der Waals surface area contributed by atoms with Crippen molar-refractivity contribution in [2.24, 2.45) is 29.6 Å². The predicted molar refractivity (Wildman–Crippen MR) is 75.7 cm³/mol. The number of hydrogen-bond acceptors (Lipinski definition) is 5. The molecule has 5 rings (SSSR count). The minimum absolute atomic E-state index is 0.0920. The van der Waals surface area contributed by atoms with Gasteiger partial charge in [-0.3, -0.25) is 4.79 Å². The van der Waals surface area contributed by atoms with Gasteiger partial charge in [-0.05, 0) is 55.8 Å². The summed E-state index contributed by atoms with van der Waals surface area (Å²) in [5, 5.41) is 0.